The molecule has 9 nitrogen and oxygen atoms in total. The molecule has 1 aromatic carbocycles. The third-order valence-corrected chi connectivity index (χ3v) is 6.20. The minimum absolute atomic E-state index is 0.0322. The lowest BCUT2D eigenvalue weighted by Gasteiger charge is -2.18. The van der Waals surface area contributed by atoms with Crippen LogP contribution in [0, 0.1) is 17.5 Å². The number of nitrogen functional groups attached to an aromatic ring is 1. The van der Waals surface area contributed by atoms with Crippen molar-refractivity contribution in [3.05, 3.63) is 54.1 Å². The number of anilines is 2. The Hall–Kier alpha value is -3.45. The van der Waals surface area contributed by atoms with Gasteiger partial charge in [-0.3, -0.25) is 4.72 Å². The van der Waals surface area contributed by atoms with Crippen molar-refractivity contribution in [3.63, 3.8) is 0 Å². The number of ether oxygens (including phenoxy) is 1. The van der Waals surface area contributed by atoms with Gasteiger partial charge in [-0.25, -0.2) is 23.7 Å². The zero-order valence-electron chi connectivity index (χ0n) is 16.4. The van der Waals surface area contributed by atoms with Crippen molar-refractivity contribution in [2.45, 2.75) is 12.8 Å². The monoisotopic (exact) mass is 466 g/mol. The summed E-state index contributed by atoms with van der Waals surface area (Å²) in [4.78, 5) is 11.8. The molecule has 1 aliphatic heterocycles. The van der Waals surface area contributed by atoms with Crippen molar-refractivity contribution >= 4 is 21.8 Å². The molecule has 1 fully saturated rings. The molecule has 3 heterocycles. The molecule has 168 valence electrons. The lowest BCUT2D eigenvalue weighted by atomic mass is 10.2. The van der Waals surface area contributed by atoms with Gasteiger partial charge in [0.1, 0.15) is 5.69 Å². The molecule has 0 unspecified atom stereocenters. The minimum atomic E-state index is -4.24. The fourth-order valence-electron chi connectivity index (χ4n) is 3.16. The van der Waals surface area contributed by atoms with E-state index in [4.69, 9.17) is 10.5 Å². The molecule has 1 aliphatic rings. The standard InChI is InChI=1S/C19H17F3N6O3S/c20-12-10-14(15(21)16(22)17(12)27-32(29,30)28-8-1-2-9-28)31-18-11(4-3-6-24-18)13-5-7-25-19(23)26-13/h3-7,10,27H,1-2,8-9H2,(H2,23,25,26). The van der Waals surface area contributed by atoms with E-state index in [0.29, 0.717) is 18.9 Å². The van der Waals surface area contributed by atoms with Gasteiger partial charge in [0.15, 0.2) is 17.4 Å². The van der Waals surface area contributed by atoms with E-state index in [1.807, 2.05) is 0 Å². The molecule has 0 amide bonds. The van der Waals surface area contributed by atoms with E-state index in [0.717, 1.165) is 4.31 Å². The van der Waals surface area contributed by atoms with Gasteiger partial charge in [0.05, 0.1) is 11.3 Å². The number of nitrogens with zero attached hydrogens (tertiary/aromatic N) is 4. The molecule has 32 heavy (non-hydrogen) atoms. The maximum atomic E-state index is 14.7. The first-order chi connectivity index (χ1) is 15.3. The Labute approximate surface area is 181 Å². The number of pyridine rings is 1. The zero-order chi connectivity index (χ0) is 22.9. The molecular weight excluding hydrogens is 449 g/mol. The van der Waals surface area contributed by atoms with Gasteiger partial charge in [0.25, 0.3) is 0 Å². The molecule has 0 spiro atoms. The number of halogens is 3. The quantitative estimate of drug-likeness (QED) is 0.535. The molecular formula is C19H17F3N6O3S. The third-order valence-electron chi connectivity index (χ3n) is 4.69. The Morgan fingerprint density at radius 2 is 1.81 bits per heavy atom. The van der Waals surface area contributed by atoms with Gasteiger partial charge in [-0.1, -0.05) is 0 Å². The number of nitrogens with two attached hydrogens (primary N) is 1. The predicted octanol–water partition coefficient (Wildman–Crippen LogP) is 3.08. The highest BCUT2D eigenvalue weighted by Gasteiger charge is 2.29. The maximum Gasteiger partial charge on any atom is 0.301 e. The Balaban J connectivity index is 1.67. The van der Waals surface area contributed by atoms with Crippen molar-refractivity contribution in [1.29, 1.82) is 0 Å². The van der Waals surface area contributed by atoms with Crippen molar-refractivity contribution in [1.82, 2.24) is 19.3 Å². The number of hydrogen-bond acceptors (Lipinski definition) is 7. The molecule has 1 saturated heterocycles. The summed E-state index contributed by atoms with van der Waals surface area (Å²) < 4.78 is 76.7. The summed E-state index contributed by atoms with van der Waals surface area (Å²) in [7, 11) is -4.24. The molecule has 3 aromatic rings. The van der Waals surface area contributed by atoms with Crippen LogP contribution in [0.25, 0.3) is 11.3 Å². The summed E-state index contributed by atoms with van der Waals surface area (Å²) in [5, 5.41) is 0. The Bertz CT molecular complexity index is 1270. The van der Waals surface area contributed by atoms with Gasteiger partial charge in [0.2, 0.25) is 17.6 Å². The Morgan fingerprint density at radius 3 is 2.53 bits per heavy atom. The van der Waals surface area contributed by atoms with Gasteiger partial charge >= 0.3 is 10.2 Å². The van der Waals surface area contributed by atoms with Crippen LogP contribution in [0.2, 0.25) is 0 Å². The first-order valence-corrected chi connectivity index (χ1v) is 10.9. The summed E-state index contributed by atoms with van der Waals surface area (Å²) >= 11 is 0. The van der Waals surface area contributed by atoms with Crippen molar-refractivity contribution in [2.75, 3.05) is 23.5 Å². The van der Waals surface area contributed by atoms with Crippen LogP contribution in [0.15, 0.2) is 36.7 Å². The average Bonchev–Trinajstić information content (AvgIpc) is 3.31. The summed E-state index contributed by atoms with van der Waals surface area (Å²) in [6, 6.07) is 5.11. The third kappa shape index (κ3) is 4.29. The number of nitrogens with one attached hydrogen (secondary N) is 1. The van der Waals surface area contributed by atoms with E-state index in [2.05, 4.69) is 15.0 Å². The van der Waals surface area contributed by atoms with Crippen LogP contribution < -0.4 is 15.2 Å². The Kier molecular flexibility index (Phi) is 5.84. The molecule has 0 atom stereocenters. The molecule has 3 N–H and O–H groups in total. The second kappa shape index (κ2) is 8.59. The number of rotatable bonds is 6. The fraction of sp³-hybridized carbons (Fsp3) is 0.211. The van der Waals surface area contributed by atoms with Crippen LogP contribution in [0.4, 0.5) is 24.8 Å². The van der Waals surface area contributed by atoms with E-state index in [-0.39, 0.29) is 36.2 Å². The smallest absolute Gasteiger partial charge is 0.301 e. The molecule has 0 saturated carbocycles. The summed E-state index contributed by atoms with van der Waals surface area (Å²) in [6.07, 6.45) is 3.96. The van der Waals surface area contributed by atoms with Crippen LogP contribution in [-0.4, -0.2) is 40.8 Å². The average molecular weight is 466 g/mol. The first-order valence-electron chi connectivity index (χ1n) is 9.43. The van der Waals surface area contributed by atoms with E-state index in [1.54, 1.807) is 10.8 Å². The number of aromatic nitrogens is 3. The van der Waals surface area contributed by atoms with Crippen molar-refractivity contribution < 1.29 is 26.3 Å². The SMILES string of the molecule is Nc1nccc(-c2cccnc2Oc2cc(F)c(NS(=O)(=O)N3CCCC3)c(F)c2F)n1. The first kappa shape index (κ1) is 21.8. The fourth-order valence-corrected chi connectivity index (χ4v) is 4.47. The molecule has 2 aromatic heterocycles. The molecule has 0 radical (unpaired) electrons. The van der Waals surface area contributed by atoms with Crippen LogP contribution in [0.3, 0.4) is 0 Å². The van der Waals surface area contributed by atoms with E-state index in [9.17, 15) is 21.6 Å². The Morgan fingerprint density at radius 1 is 1.06 bits per heavy atom. The van der Waals surface area contributed by atoms with Gasteiger partial charge in [-0.2, -0.15) is 17.1 Å². The van der Waals surface area contributed by atoms with Gasteiger partial charge in [-0.05, 0) is 31.0 Å². The van der Waals surface area contributed by atoms with E-state index in [1.165, 1.54) is 24.5 Å². The summed E-state index contributed by atoms with van der Waals surface area (Å²) in [5.74, 6) is -5.75. The number of hydrogen-bond donors (Lipinski definition) is 2. The van der Waals surface area contributed by atoms with Crippen molar-refractivity contribution in [2.24, 2.45) is 0 Å². The molecule has 4 rings (SSSR count). The second-order valence-electron chi connectivity index (χ2n) is 6.83. The van der Waals surface area contributed by atoms with E-state index >= 15 is 0 Å². The predicted molar refractivity (Wildman–Crippen MR) is 109 cm³/mol. The largest absolute Gasteiger partial charge is 0.435 e. The molecule has 0 bridgehead atoms. The van der Waals surface area contributed by atoms with E-state index < -0.39 is 39.1 Å². The van der Waals surface area contributed by atoms with Crippen molar-refractivity contribution in [3.8, 4) is 22.9 Å². The van der Waals surface area contributed by atoms with Gasteiger partial charge in [-0.15, -0.1) is 0 Å². The summed E-state index contributed by atoms with van der Waals surface area (Å²) in [6.45, 7) is 0.413. The van der Waals surface area contributed by atoms with Gasteiger partial charge < -0.3 is 10.5 Å². The van der Waals surface area contributed by atoms with Gasteiger partial charge in [0, 0.05) is 31.5 Å². The molecule has 0 aliphatic carbocycles. The summed E-state index contributed by atoms with van der Waals surface area (Å²) in [5.41, 5.74) is 4.99. The highest BCUT2D eigenvalue weighted by molar-refractivity contribution is 7.90. The lowest BCUT2D eigenvalue weighted by molar-refractivity contribution is 0.401. The molecule has 13 heteroatoms. The van der Waals surface area contributed by atoms with Crippen LogP contribution in [0.5, 0.6) is 11.6 Å². The zero-order valence-corrected chi connectivity index (χ0v) is 17.2. The van der Waals surface area contributed by atoms with Crippen LogP contribution >= 0.6 is 0 Å². The highest BCUT2D eigenvalue weighted by atomic mass is 32.2. The topological polar surface area (TPSA) is 123 Å². The second-order valence-corrected chi connectivity index (χ2v) is 8.50. The normalized spacial score (nSPS) is 14.5. The maximum absolute atomic E-state index is 14.7. The highest BCUT2D eigenvalue weighted by Crippen LogP contribution is 2.35. The van der Waals surface area contributed by atoms with Crippen LogP contribution in [-0.2, 0) is 10.2 Å². The minimum Gasteiger partial charge on any atom is -0.435 e. The number of benzene rings is 1. The van der Waals surface area contributed by atoms with Crippen LogP contribution in [0.1, 0.15) is 12.8 Å². The lowest BCUT2D eigenvalue weighted by Crippen LogP contribution is -2.34.